The SMILES string of the molecule is CC1CCC(O)(CC2CC2)C1. The Kier molecular flexibility index (Phi) is 1.71. The normalized spacial score (nSPS) is 44.7. The van der Waals surface area contributed by atoms with Crippen molar-refractivity contribution in [1.29, 1.82) is 0 Å². The standard InChI is InChI=1S/C10H18O/c1-8-4-5-10(11,6-8)7-9-2-3-9/h8-9,11H,2-7H2,1H3. The van der Waals surface area contributed by atoms with Gasteiger partial charge in [0.1, 0.15) is 0 Å². The van der Waals surface area contributed by atoms with Crippen LogP contribution in [0.2, 0.25) is 0 Å². The molecule has 0 aliphatic heterocycles. The molecule has 0 aromatic rings. The van der Waals surface area contributed by atoms with Crippen LogP contribution < -0.4 is 0 Å². The summed E-state index contributed by atoms with van der Waals surface area (Å²) in [5.41, 5.74) is -0.249. The van der Waals surface area contributed by atoms with Crippen molar-refractivity contribution >= 4 is 0 Å². The fourth-order valence-corrected chi connectivity index (χ4v) is 2.41. The lowest BCUT2D eigenvalue weighted by molar-refractivity contribution is 0.0298. The summed E-state index contributed by atoms with van der Waals surface area (Å²) < 4.78 is 0. The number of hydrogen-bond donors (Lipinski definition) is 1. The molecular weight excluding hydrogens is 136 g/mol. The van der Waals surface area contributed by atoms with E-state index < -0.39 is 0 Å². The minimum Gasteiger partial charge on any atom is -0.390 e. The Morgan fingerprint density at radius 1 is 1.36 bits per heavy atom. The van der Waals surface area contributed by atoms with E-state index in [9.17, 15) is 5.11 Å². The average Bonchev–Trinajstić information content (AvgIpc) is 2.62. The van der Waals surface area contributed by atoms with Crippen molar-refractivity contribution in [2.24, 2.45) is 11.8 Å². The summed E-state index contributed by atoms with van der Waals surface area (Å²) in [6.07, 6.45) is 7.20. The molecule has 2 saturated carbocycles. The van der Waals surface area contributed by atoms with E-state index in [1.54, 1.807) is 0 Å². The maximum Gasteiger partial charge on any atom is 0.0653 e. The molecule has 0 bridgehead atoms. The fourth-order valence-electron chi connectivity index (χ4n) is 2.41. The van der Waals surface area contributed by atoms with Gasteiger partial charge in [-0.25, -0.2) is 0 Å². The van der Waals surface area contributed by atoms with Crippen LogP contribution in [0.3, 0.4) is 0 Å². The molecule has 0 spiro atoms. The Labute approximate surface area is 68.8 Å². The third-order valence-corrected chi connectivity index (χ3v) is 3.20. The highest BCUT2D eigenvalue weighted by Gasteiger charge is 2.39. The lowest BCUT2D eigenvalue weighted by Gasteiger charge is -2.21. The Balaban J connectivity index is 1.87. The van der Waals surface area contributed by atoms with E-state index >= 15 is 0 Å². The summed E-state index contributed by atoms with van der Waals surface area (Å²) >= 11 is 0. The number of hydrogen-bond acceptors (Lipinski definition) is 1. The number of aliphatic hydroxyl groups is 1. The Bertz CT molecular complexity index is 151. The van der Waals surface area contributed by atoms with Gasteiger partial charge in [-0.1, -0.05) is 19.8 Å². The molecule has 2 aliphatic rings. The molecule has 64 valence electrons. The van der Waals surface area contributed by atoms with Gasteiger partial charge in [0.15, 0.2) is 0 Å². The molecule has 2 unspecified atom stereocenters. The summed E-state index contributed by atoms with van der Waals surface area (Å²) in [5, 5.41) is 10.1. The molecule has 0 radical (unpaired) electrons. The van der Waals surface area contributed by atoms with E-state index in [4.69, 9.17) is 0 Å². The molecule has 1 N–H and O–H groups in total. The monoisotopic (exact) mass is 154 g/mol. The van der Waals surface area contributed by atoms with E-state index in [-0.39, 0.29) is 5.60 Å². The second-order valence-electron chi connectivity index (χ2n) is 4.72. The van der Waals surface area contributed by atoms with Crippen LogP contribution in [0, 0.1) is 11.8 Å². The van der Waals surface area contributed by atoms with Crippen molar-refractivity contribution in [3.05, 3.63) is 0 Å². The van der Waals surface area contributed by atoms with E-state index in [1.165, 1.54) is 19.3 Å². The van der Waals surface area contributed by atoms with Crippen molar-refractivity contribution < 1.29 is 5.11 Å². The van der Waals surface area contributed by atoms with E-state index in [2.05, 4.69) is 6.92 Å². The fraction of sp³-hybridized carbons (Fsp3) is 1.00. The predicted molar refractivity (Wildman–Crippen MR) is 45.3 cm³/mol. The predicted octanol–water partition coefficient (Wildman–Crippen LogP) is 2.34. The van der Waals surface area contributed by atoms with Gasteiger partial charge in [0.2, 0.25) is 0 Å². The maximum atomic E-state index is 10.1. The van der Waals surface area contributed by atoms with Crippen LogP contribution in [0.1, 0.15) is 45.4 Å². The van der Waals surface area contributed by atoms with Gasteiger partial charge in [-0.15, -0.1) is 0 Å². The summed E-state index contributed by atoms with van der Waals surface area (Å²) in [7, 11) is 0. The maximum absolute atomic E-state index is 10.1. The zero-order valence-electron chi connectivity index (χ0n) is 7.34. The highest BCUT2D eigenvalue weighted by atomic mass is 16.3. The van der Waals surface area contributed by atoms with Crippen LogP contribution >= 0.6 is 0 Å². The quantitative estimate of drug-likeness (QED) is 0.647. The first-order valence-electron chi connectivity index (χ1n) is 4.90. The smallest absolute Gasteiger partial charge is 0.0653 e. The highest BCUT2D eigenvalue weighted by Crippen LogP contribution is 2.44. The van der Waals surface area contributed by atoms with Gasteiger partial charge in [0.25, 0.3) is 0 Å². The van der Waals surface area contributed by atoms with Gasteiger partial charge < -0.3 is 5.11 Å². The molecule has 0 aromatic carbocycles. The van der Waals surface area contributed by atoms with Crippen LogP contribution in [0.25, 0.3) is 0 Å². The Morgan fingerprint density at radius 2 is 2.09 bits per heavy atom. The summed E-state index contributed by atoms with van der Waals surface area (Å²) in [6.45, 7) is 2.25. The summed E-state index contributed by atoms with van der Waals surface area (Å²) in [5.74, 6) is 1.64. The molecule has 2 aliphatic carbocycles. The molecular formula is C10H18O. The van der Waals surface area contributed by atoms with Gasteiger partial charge in [-0.3, -0.25) is 0 Å². The van der Waals surface area contributed by atoms with Crippen LogP contribution in [-0.2, 0) is 0 Å². The lowest BCUT2D eigenvalue weighted by Crippen LogP contribution is -2.25. The molecule has 2 rings (SSSR count). The third-order valence-electron chi connectivity index (χ3n) is 3.20. The van der Waals surface area contributed by atoms with Crippen molar-refractivity contribution in [1.82, 2.24) is 0 Å². The van der Waals surface area contributed by atoms with Gasteiger partial charge in [0, 0.05) is 0 Å². The van der Waals surface area contributed by atoms with Crippen LogP contribution in [0.15, 0.2) is 0 Å². The molecule has 1 nitrogen and oxygen atoms in total. The molecule has 0 amide bonds. The highest BCUT2D eigenvalue weighted by molar-refractivity contribution is 4.92. The van der Waals surface area contributed by atoms with Crippen LogP contribution in [0.4, 0.5) is 0 Å². The Morgan fingerprint density at radius 3 is 2.55 bits per heavy atom. The molecule has 2 atom stereocenters. The minimum absolute atomic E-state index is 0.249. The first kappa shape index (κ1) is 7.60. The zero-order chi connectivity index (χ0) is 7.90. The third kappa shape index (κ3) is 1.76. The largest absolute Gasteiger partial charge is 0.390 e. The second kappa shape index (κ2) is 2.48. The molecule has 0 aromatic heterocycles. The topological polar surface area (TPSA) is 20.2 Å². The first-order chi connectivity index (χ1) is 5.18. The van der Waals surface area contributed by atoms with Gasteiger partial charge in [0.05, 0.1) is 5.60 Å². The van der Waals surface area contributed by atoms with E-state index in [1.807, 2.05) is 0 Å². The minimum atomic E-state index is -0.249. The summed E-state index contributed by atoms with van der Waals surface area (Å²) in [6, 6.07) is 0. The molecule has 0 saturated heterocycles. The average molecular weight is 154 g/mol. The molecule has 1 heteroatoms. The van der Waals surface area contributed by atoms with Crippen molar-refractivity contribution in [2.75, 3.05) is 0 Å². The second-order valence-corrected chi connectivity index (χ2v) is 4.72. The Hall–Kier alpha value is -0.0400. The van der Waals surface area contributed by atoms with Crippen molar-refractivity contribution in [2.45, 2.75) is 51.0 Å². The lowest BCUT2D eigenvalue weighted by atomic mass is 9.94. The van der Waals surface area contributed by atoms with Gasteiger partial charge in [-0.2, -0.15) is 0 Å². The summed E-state index contributed by atoms with van der Waals surface area (Å²) in [4.78, 5) is 0. The molecule has 11 heavy (non-hydrogen) atoms. The van der Waals surface area contributed by atoms with E-state index in [0.29, 0.717) is 0 Å². The zero-order valence-corrected chi connectivity index (χ0v) is 7.34. The van der Waals surface area contributed by atoms with Crippen molar-refractivity contribution in [3.8, 4) is 0 Å². The molecule has 0 heterocycles. The van der Waals surface area contributed by atoms with Gasteiger partial charge in [-0.05, 0) is 37.5 Å². The first-order valence-corrected chi connectivity index (χ1v) is 4.90. The van der Waals surface area contributed by atoms with E-state index in [0.717, 1.165) is 31.1 Å². The van der Waals surface area contributed by atoms with Crippen LogP contribution in [-0.4, -0.2) is 10.7 Å². The van der Waals surface area contributed by atoms with Crippen molar-refractivity contribution in [3.63, 3.8) is 0 Å². The number of rotatable bonds is 2. The molecule has 2 fully saturated rings. The van der Waals surface area contributed by atoms with Gasteiger partial charge >= 0.3 is 0 Å². The van der Waals surface area contributed by atoms with Crippen LogP contribution in [0.5, 0.6) is 0 Å².